The van der Waals surface area contributed by atoms with Crippen molar-refractivity contribution in [3.05, 3.63) is 84.3 Å². The predicted molar refractivity (Wildman–Crippen MR) is 115 cm³/mol. The Morgan fingerprint density at radius 2 is 1.70 bits per heavy atom. The van der Waals surface area contributed by atoms with Crippen molar-refractivity contribution in [2.24, 2.45) is 0 Å². The van der Waals surface area contributed by atoms with Gasteiger partial charge in [-0.2, -0.15) is 0 Å². The number of ether oxygens (including phenoxy) is 1. The Kier molecular flexibility index (Phi) is 6.15. The van der Waals surface area contributed by atoms with Crippen LogP contribution in [0.2, 0.25) is 0 Å². The summed E-state index contributed by atoms with van der Waals surface area (Å²) in [7, 11) is 0. The zero-order valence-corrected chi connectivity index (χ0v) is 16.5. The van der Waals surface area contributed by atoms with Crippen molar-refractivity contribution < 1.29 is 14.6 Å². The molecule has 0 spiro atoms. The molecule has 1 saturated carbocycles. The minimum Gasteiger partial charge on any atom is -0.439 e. The number of imidazole rings is 1. The molecule has 6 nitrogen and oxygen atoms in total. The van der Waals surface area contributed by atoms with E-state index in [1.54, 1.807) is 36.5 Å². The van der Waals surface area contributed by atoms with E-state index in [0.717, 1.165) is 23.9 Å². The van der Waals surface area contributed by atoms with Gasteiger partial charge >= 0.3 is 0 Å². The summed E-state index contributed by atoms with van der Waals surface area (Å²) in [4.78, 5) is 24.0. The van der Waals surface area contributed by atoms with E-state index in [4.69, 9.17) is 9.84 Å². The number of hydrogen-bond donors (Lipinski definition) is 2. The Bertz CT molecular complexity index is 1070. The third kappa shape index (κ3) is 4.90. The highest BCUT2D eigenvalue weighted by Gasteiger charge is 2.14. The zero-order chi connectivity index (χ0) is 20.8. The van der Waals surface area contributed by atoms with Crippen LogP contribution in [0, 0.1) is 0 Å². The number of aliphatic hydroxyl groups excluding tert-OH is 1. The summed E-state index contributed by atoms with van der Waals surface area (Å²) in [5.74, 6) is 1.30. The fraction of sp³-hybridized carbons (Fsp3) is 0.208. The van der Waals surface area contributed by atoms with Gasteiger partial charge in [0, 0.05) is 17.8 Å². The summed E-state index contributed by atoms with van der Waals surface area (Å²) in [5.41, 5.74) is 2.16. The molecule has 5 rings (SSSR count). The minimum atomic E-state index is -0.157. The van der Waals surface area contributed by atoms with E-state index < -0.39 is 0 Å². The second kappa shape index (κ2) is 9.33. The van der Waals surface area contributed by atoms with Gasteiger partial charge in [0.05, 0.1) is 17.1 Å². The van der Waals surface area contributed by atoms with Crippen molar-refractivity contribution in [3.8, 4) is 11.6 Å². The van der Waals surface area contributed by atoms with Gasteiger partial charge in [0.25, 0.3) is 0 Å². The standard InChI is InChI=1S/C19H13N3O2.C5H10O/c23-18(19-21-15-5-1-2-6-16(15)22-19)13-8-10-14(11-9-13)24-17-7-3-4-12-20-17;6-5-3-1-2-4-5/h1-12H,(H,21,22);5-6H,1-4H2. The van der Waals surface area contributed by atoms with Gasteiger partial charge in [-0.25, -0.2) is 9.97 Å². The molecule has 2 aromatic carbocycles. The summed E-state index contributed by atoms with van der Waals surface area (Å²) < 4.78 is 5.62. The lowest BCUT2D eigenvalue weighted by molar-refractivity contribution is 0.103. The van der Waals surface area contributed by atoms with Crippen molar-refractivity contribution in [1.29, 1.82) is 0 Å². The average Bonchev–Trinajstić information content (AvgIpc) is 3.44. The van der Waals surface area contributed by atoms with Crippen LogP contribution >= 0.6 is 0 Å². The Hall–Kier alpha value is -3.51. The molecular weight excluding hydrogens is 378 g/mol. The van der Waals surface area contributed by atoms with Gasteiger partial charge in [-0.05, 0) is 55.3 Å². The quantitative estimate of drug-likeness (QED) is 0.475. The molecule has 4 aromatic rings. The number of carbonyl (C=O) groups excluding carboxylic acids is 1. The summed E-state index contributed by atoms with van der Waals surface area (Å²) in [6, 6.07) is 19.9. The number of rotatable bonds is 4. The number of pyridine rings is 1. The molecule has 2 heterocycles. The number of carbonyl (C=O) groups is 1. The molecule has 152 valence electrons. The van der Waals surface area contributed by atoms with E-state index in [2.05, 4.69) is 15.0 Å². The Balaban J connectivity index is 0.000000313. The van der Waals surface area contributed by atoms with Crippen molar-refractivity contribution >= 4 is 16.8 Å². The lowest BCUT2D eigenvalue weighted by Crippen LogP contribution is -2.03. The second-order valence-electron chi connectivity index (χ2n) is 7.16. The minimum absolute atomic E-state index is 0.0463. The van der Waals surface area contributed by atoms with Crippen LogP contribution in [-0.4, -0.2) is 31.9 Å². The smallest absolute Gasteiger partial charge is 0.228 e. The molecule has 6 heteroatoms. The van der Waals surface area contributed by atoms with Gasteiger partial charge in [-0.3, -0.25) is 4.79 Å². The molecular formula is C24H23N3O3. The van der Waals surface area contributed by atoms with Crippen molar-refractivity contribution in [1.82, 2.24) is 15.0 Å². The zero-order valence-electron chi connectivity index (χ0n) is 16.5. The number of nitrogens with zero attached hydrogens (tertiary/aromatic N) is 2. The molecule has 1 aliphatic rings. The fourth-order valence-corrected chi connectivity index (χ4v) is 3.30. The molecule has 0 atom stereocenters. The monoisotopic (exact) mass is 401 g/mol. The first-order chi connectivity index (χ1) is 14.7. The van der Waals surface area contributed by atoms with Crippen LogP contribution in [0.3, 0.4) is 0 Å². The van der Waals surface area contributed by atoms with E-state index in [-0.39, 0.29) is 11.9 Å². The van der Waals surface area contributed by atoms with Gasteiger partial charge in [0.15, 0.2) is 5.82 Å². The summed E-state index contributed by atoms with van der Waals surface area (Å²) in [6.07, 6.45) is 6.27. The predicted octanol–water partition coefficient (Wildman–Crippen LogP) is 4.90. The summed E-state index contributed by atoms with van der Waals surface area (Å²) >= 11 is 0. The van der Waals surface area contributed by atoms with Gasteiger partial charge in [0.1, 0.15) is 5.75 Å². The van der Waals surface area contributed by atoms with E-state index in [1.807, 2.05) is 36.4 Å². The van der Waals surface area contributed by atoms with E-state index >= 15 is 0 Å². The molecule has 0 aliphatic heterocycles. The number of aromatic nitrogens is 3. The molecule has 0 radical (unpaired) electrons. The highest BCUT2D eigenvalue weighted by atomic mass is 16.5. The Morgan fingerprint density at radius 3 is 2.33 bits per heavy atom. The van der Waals surface area contributed by atoms with Crippen LogP contribution < -0.4 is 4.74 Å². The third-order valence-corrected chi connectivity index (χ3v) is 4.91. The lowest BCUT2D eigenvalue weighted by Gasteiger charge is -2.04. The first-order valence-corrected chi connectivity index (χ1v) is 10.1. The van der Waals surface area contributed by atoms with E-state index in [1.165, 1.54) is 12.8 Å². The fourth-order valence-electron chi connectivity index (χ4n) is 3.30. The van der Waals surface area contributed by atoms with Gasteiger partial charge in [0.2, 0.25) is 11.7 Å². The van der Waals surface area contributed by atoms with Crippen molar-refractivity contribution in [3.63, 3.8) is 0 Å². The average molecular weight is 401 g/mol. The van der Waals surface area contributed by atoms with Crippen molar-refractivity contribution in [2.75, 3.05) is 0 Å². The molecule has 0 saturated heterocycles. The molecule has 1 fully saturated rings. The number of nitrogens with one attached hydrogen (secondary N) is 1. The van der Waals surface area contributed by atoms with Crippen LogP contribution in [0.1, 0.15) is 41.9 Å². The van der Waals surface area contributed by atoms with E-state index in [0.29, 0.717) is 23.0 Å². The number of H-pyrrole nitrogens is 1. The first kappa shape index (κ1) is 19.8. The Morgan fingerprint density at radius 1 is 0.967 bits per heavy atom. The van der Waals surface area contributed by atoms with Gasteiger partial charge in [-0.15, -0.1) is 0 Å². The second-order valence-corrected chi connectivity index (χ2v) is 7.16. The normalized spacial score (nSPS) is 13.6. The number of fused-ring (bicyclic) bond motifs is 1. The van der Waals surface area contributed by atoms with Crippen LogP contribution in [-0.2, 0) is 0 Å². The van der Waals surface area contributed by atoms with Crippen LogP contribution in [0.5, 0.6) is 11.6 Å². The molecule has 30 heavy (non-hydrogen) atoms. The topological polar surface area (TPSA) is 88.1 Å². The Labute approximate surface area is 174 Å². The molecule has 2 N–H and O–H groups in total. The number of aromatic amines is 1. The number of aliphatic hydroxyl groups is 1. The van der Waals surface area contributed by atoms with Crippen LogP contribution in [0.4, 0.5) is 0 Å². The highest BCUT2D eigenvalue weighted by Crippen LogP contribution is 2.21. The van der Waals surface area contributed by atoms with E-state index in [9.17, 15) is 4.79 Å². The number of hydrogen-bond acceptors (Lipinski definition) is 5. The van der Waals surface area contributed by atoms with Gasteiger partial charge in [-0.1, -0.05) is 31.0 Å². The maximum absolute atomic E-state index is 12.5. The molecule has 1 aliphatic carbocycles. The maximum Gasteiger partial charge on any atom is 0.228 e. The highest BCUT2D eigenvalue weighted by molar-refractivity contribution is 6.08. The SMILES string of the molecule is O=C(c1ccc(Oc2ccccn2)cc1)c1nc2ccccc2[nH]1.OC1CCCC1. The summed E-state index contributed by atoms with van der Waals surface area (Å²) in [6.45, 7) is 0. The number of ketones is 1. The molecule has 0 unspecified atom stereocenters. The number of benzene rings is 2. The third-order valence-electron chi connectivity index (χ3n) is 4.91. The first-order valence-electron chi connectivity index (χ1n) is 10.1. The van der Waals surface area contributed by atoms with Gasteiger partial charge < -0.3 is 14.8 Å². The largest absolute Gasteiger partial charge is 0.439 e. The molecule has 0 bridgehead atoms. The maximum atomic E-state index is 12.5. The summed E-state index contributed by atoms with van der Waals surface area (Å²) in [5, 5.41) is 8.73. The van der Waals surface area contributed by atoms with Crippen molar-refractivity contribution in [2.45, 2.75) is 31.8 Å². The van der Waals surface area contributed by atoms with Crippen LogP contribution in [0.15, 0.2) is 72.9 Å². The lowest BCUT2D eigenvalue weighted by atomic mass is 10.1. The van der Waals surface area contributed by atoms with Crippen LogP contribution in [0.25, 0.3) is 11.0 Å². The molecule has 2 aromatic heterocycles. The molecule has 0 amide bonds. The number of para-hydroxylation sites is 2.